The standard InChI is InChI=1S/C15H17Cl2N3O/c1-2-5-21-12-6-10(8-19-9-12)15(20-18)13-4-3-11(16)7-14(13)17/h3-4,6-9,15,20H,2,5,18H2,1H3. The molecule has 0 amide bonds. The Balaban J connectivity index is 2.32. The molecule has 1 atom stereocenters. The normalized spacial score (nSPS) is 12.2. The molecule has 0 saturated heterocycles. The molecule has 2 rings (SSSR count). The summed E-state index contributed by atoms with van der Waals surface area (Å²) in [6, 6.07) is 6.92. The van der Waals surface area contributed by atoms with Gasteiger partial charge in [-0.05, 0) is 35.7 Å². The molecule has 21 heavy (non-hydrogen) atoms. The summed E-state index contributed by atoms with van der Waals surface area (Å²) in [7, 11) is 0. The highest BCUT2D eigenvalue weighted by Crippen LogP contribution is 2.30. The molecule has 0 spiro atoms. The van der Waals surface area contributed by atoms with Gasteiger partial charge < -0.3 is 4.74 Å². The van der Waals surface area contributed by atoms with Crippen molar-refractivity contribution in [2.24, 2.45) is 5.84 Å². The van der Waals surface area contributed by atoms with E-state index >= 15 is 0 Å². The predicted octanol–water partition coefficient (Wildman–Crippen LogP) is 3.73. The second kappa shape index (κ2) is 7.61. The van der Waals surface area contributed by atoms with Gasteiger partial charge in [-0.2, -0.15) is 0 Å². The monoisotopic (exact) mass is 325 g/mol. The average molecular weight is 326 g/mol. The molecule has 6 heteroatoms. The number of nitrogens with one attached hydrogen (secondary N) is 1. The van der Waals surface area contributed by atoms with Gasteiger partial charge in [0.05, 0.1) is 18.8 Å². The smallest absolute Gasteiger partial charge is 0.137 e. The molecule has 112 valence electrons. The van der Waals surface area contributed by atoms with Crippen molar-refractivity contribution >= 4 is 23.2 Å². The zero-order chi connectivity index (χ0) is 15.2. The van der Waals surface area contributed by atoms with Gasteiger partial charge in [0.2, 0.25) is 0 Å². The number of hydrazine groups is 1. The van der Waals surface area contributed by atoms with E-state index in [0.717, 1.165) is 17.5 Å². The second-order valence-corrected chi connectivity index (χ2v) is 5.41. The van der Waals surface area contributed by atoms with Crippen LogP contribution in [0.5, 0.6) is 5.75 Å². The number of benzene rings is 1. The zero-order valence-electron chi connectivity index (χ0n) is 11.6. The lowest BCUT2D eigenvalue weighted by molar-refractivity contribution is 0.315. The maximum absolute atomic E-state index is 6.24. The summed E-state index contributed by atoms with van der Waals surface area (Å²) in [6.07, 6.45) is 4.34. The molecule has 1 heterocycles. The number of aromatic nitrogens is 1. The van der Waals surface area contributed by atoms with Crippen molar-refractivity contribution in [1.29, 1.82) is 0 Å². The largest absolute Gasteiger partial charge is 0.492 e. The number of rotatable bonds is 6. The minimum Gasteiger partial charge on any atom is -0.492 e. The molecule has 0 radical (unpaired) electrons. The van der Waals surface area contributed by atoms with Crippen LogP contribution in [0, 0.1) is 0 Å². The van der Waals surface area contributed by atoms with Crippen molar-refractivity contribution in [1.82, 2.24) is 10.4 Å². The van der Waals surface area contributed by atoms with Crippen molar-refractivity contribution in [3.63, 3.8) is 0 Å². The highest BCUT2D eigenvalue weighted by Gasteiger charge is 2.17. The minimum absolute atomic E-state index is 0.285. The molecule has 0 bridgehead atoms. The SMILES string of the molecule is CCCOc1cncc(C(NN)c2ccc(Cl)cc2Cl)c1. The summed E-state index contributed by atoms with van der Waals surface area (Å²) in [5.41, 5.74) is 4.46. The number of ether oxygens (including phenoxy) is 1. The maximum atomic E-state index is 6.24. The fourth-order valence-corrected chi connectivity index (χ4v) is 2.51. The Morgan fingerprint density at radius 3 is 2.76 bits per heavy atom. The molecule has 2 aromatic rings. The first-order chi connectivity index (χ1) is 10.2. The summed E-state index contributed by atoms with van der Waals surface area (Å²) in [5, 5.41) is 1.13. The van der Waals surface area contributed by atoms with E-state index in [-0.39, 0.29) is 6.04 Å². The third kappa shape index (κ3) is 4.08. The summed E-state index contributed by atoms with van der Waals surface area (Å²) in [5.74, 6) is 6.39. The lowest BCUT2D eigenvalue weighted by atomic mass is 10.0. The lowest BCUT2D eigenvalue weighted by Gasteiger charge is -2.18. The number of hydrogen-bond donors (Lipinski definition) is 2. The third-order valence-corrected chi connectivity index (χ3v) is 3.54. The van der Waals surface area contributed by atoms with Crippen molar-refractivity contribution in [2.45, 2.75) is 19.4 Å². The van der Waals surface area contributed by atoms with Gasteiger partial charge in [0.25, 0.3) is 0 Å². The molecule has 0 fully saturated rings. The lowest BCUT2D eigenvalue weighted by Crippen LogP contribution is -2.29. The van der Waals surface area contributed by atoms with E-state index < -0.39 is 0 Å². The highest BCUT2D eigenvalue weighted by atomic mass is 35.5. The molecular formula is C15H17Cl2N3O. The second-order valence-electron chi connectivity index (χ2n) is 4.57. The van der Waals surface area contributed by atoms with Gasteiger partial charge in [0.15, 0.2) is 0 Å². The molecule has 1 aromatic carbocycles. The molecule has 1 aromatic heterocycles. The zero-order valence-corrected chi connectivity index (χ0v) is 13.2. The van der Waals surface area contributed by atoms with Crippen LogP contribution in [0.2, 0.25) is 10.0 Å². The number of nitrogens with two attached hydrogens (primary N) is 1. The summed E-state index contributed by atoms with van der Waals surface area (Å²) in [6.45, 7) is 2.70. The van der Waals surface area contributed by atoms with Crippen LogP contribution in [0.3, 0.4) is 0 Å². The van der Waals surface area contributed by atoms with Crippen LogP contribution in [0.25, 0.3) is 0 Å². The van der Waals surface area contributed by atoms with Gasteiger partial charge in [0.1, 0.15) is 5.75 Å². The van der Waals surface area contributed by atoms with Crippen molar-refractivity contribution < 1.29 is 4.74 Å². The van der Waals surface area contributed by atoms with Crippen molar-refractivity contribution in [3.05, 3.63) is 57.8 Å². The van der Waals surface area contributed by atoms with Gasteiger partial charge >= 0.3 is 0 Å². The predicted molar refractivity (Wildman–Crippen MR) is 85.7 cm³/mol. The number of pyridine rings is 1. The Hall–Kier alpha value is -1.33. The molecule has 0 aliphatic heterocycles. The first-order valence-electron chi connectivity index (χ1n) is 6.64. The molecule has 0 aliphatic rings. The van der Waals surface area contributed by atoms with Crippen LogP contribution in [0.15, 0.2) is 36.7 Å². The minimum atomic E-state index is -0.285. The maximum Gasteiger partial charge on any atom is 0.137 e. The van der Waals surface area contributed by atoms with E-state index in [1.165, 1.54) is 0 Å². The fourth-order valence-electron chi connectivity index (χ4n) is 1.99. The molecule has 0 saturated carbocycles. The van der Waals surface area contributed by atoms with E-state index in [1.54, 1.807) is 24.5 Å². The Morgan fingerprint density at radius 2 is 2.10 bits per heavy atom. The molecule has 1 unspecified atom stereocenters. The first kappa shape index (κ1) is 16.0. The van der Waals surface area contributed by atoms with Crippen LogP contribution in [0.4, 0.5) is 0 Å². The first-order valence-corrected chi connectivity index (χ1v) is 7.40. The van der Waals surface area contributed by atoms with Crippen LogP contribution in [0.1, 0.15) is 30.5 Å². The number of nitrogens with zero attached hydrogens (tertiary/aromatic N) is 1. The molecule has 4 nitrogen and oxygen atoms in total. The van der Waals surface area contributed by atoms with Crippen LogP contribution in [-0.4, -0.2) is 11.6 Å². The Morgan fingerprint density at radius 1 is 1.29 bits per heavy atom. The molecular weight excluding hydrogens is 309 g/mol. The average Bonchev–Trinajstić information content (AvgIpc) is 2.48. The van der Waals surface area contributed by atoms with E-state index in [4.69, 9.17) is 33.8 Å². The highest BCUT2D eigenvalue weighted by molar-refractivity contribution is 6.35. The number of hydrogen-bond acceptors (Lipinski definition) is 4. The molecule has 3 N–H and O–H groups in total. The third-order valence-electron chi connectivity index (χ3n) is 2.98. The van der Waals surface area contributed by atoms with Gasteiger partial charge in [-0.25, -0.2) is 5.43 Å². The van der Waals surface area contributed by atoms with Gasteiger partial charge in [-0.15, -0.1) is 0 Å². The van der Waals surface area contributed by atoms with E-state index in [1.807, 2.05) is 12.1 Å². The Bertz CT molecular complexity index is 607. The van der Waals surface area contributed by atoms with E-state index in [9.17, 15) is 0 Å². The van der Waals surface area contributed by atoms with Crippen LogP contribution in [-0.2, 0) is 0 Å². The topological polar surface area (TPSA) is 60.2 Å². The van der Waals surface area contributed by atoms with Crippen LogP contribution < -0.4 is 16.0 Å². The van der Waals surface area contributed by atoms with E-state index in [0.29, 0.717) is 22.4 Å². The van der Waals surface area contributed by atoms with Crippen molar-refractivity contribution in [2.75, 3.05) is 6.61 Å². The quantitative estimate of drug-likeness (QED) is 0.627. The fraction of sp³-hybridized carbons (Fsp3) is 0.267. The van der Waals surface area contributed by atoms with Gasteiger partial charge in [0, 0.05) is 16.2 Å². The van der Waals surface area contributed by atoms with Gasteiger partial charge in [-0.1, -0.05) is 36.2 Å². The van der Waals surface area contributed by atoms with E-state index in [2.05, 4.69) is 17.3 Å². The van der Waals surface area contributed by atoms with Crippen LogP contribution >= 0.6 is 23.2 Å². The van der Waals surface area contributed by atoms with Gasteiger partial charge in [-0.3, -0.25) is 10.8 Å². The van der Waals surface area contributed by atoms with Crippen molar-refractivity contribution in [3.8, 4) is 5.75 Å². The Kier molecular flexibility index (Phi) is 5.82. The molecule has 0 aliphatic carbocycles. The summed E-state index contributed by atoms with van der Waals surface area (Å²) < 4.78 is 5.59. The summed E-state index contributed by atoms with van der Waals surface area (Å²) in [4.78, 5) is 4.19. The Labute approximate surface area is 134 Å². The number of halogens is 2. The summed E-state index contributed by atoms with van der Waals surface area (Å²) >= 11 is 12.2.